The third-order valence-corrected chi connectivity index (χ3v) is 2.35. The topological polar surface area (TPSA) is 74.9 Å². The van der Waals surface area contributed by atoms with Gasteiger partial charge in [0.1, 0.15) is 11.6 Å². The van der Waals surface area contributed by atoms with Gasteiger partial charge < -0.3 is 15.8 Å². The smallest absolute Gasteiger partial charge is 0.117 e. The number of nitrogens with two attached hydrogens (primary N) is 1. The molecule has 0 aliphatic heterocycles. The number of benzene rings is 1. The predicted octanol–water partition coefficient (Wildman–Crippen LogP) is 1.55. The number of imidazole rings is 1. The number of phenolic OH excluding ortho intramolecular Hbond substituents is 1. The Morgan fingerprint density at radius 3 is 3.07 bits per heavy atom. The van der Waals surface area contributed by atoms with Gasteiger partial charge in [0, 0.05) is 18.5 Å². The first-order valence-corrected chi connectivity index (χ1v) is 5.08. The van der Waals surface area contributed by atoms with E-state index < -0.39 is 0 Å². The molecule has 1 heterocycles. The lowest BCUT2D eigenvalue weighted by Gasteiger charge is -2.00. The fourth-order valence-corrected chi connectivity index (χ4v) is 1.53. The summed E-state index contributed by atoms with van der Waals surface area (Å²) in [4.78, 5) is 7.57. The Labute approximate surface area is 88.1 Å². The lowest BCUT2D eigenvalue weighted by molar-refractivity contribution is 0.476. The molecule has 1 aromatic carbocycles. The van der Waals surface area contributed by atoms with Gasteiger partial charge in [-0.15, -0.1) is 0 Å². The molecule has 0 fully saturated rings. The number of aromatic nitrogens is 2. The van der Waals surface area contributed by atoms with E-state index in [4.69, 9.17) is 5.73 Å². The van der Waals surface area contributed by atoms with Crippen molar-refractivity contribution in [1.82, 2.24) is 9.97 Å². The van der Waals surface area contributed by atoms with Gasteiger partial charge in [-0.05, 0) is 25.5 Å². The molecular formula is C11H15N3O. The second-order valence-corrected chi connectivity index (χ2v) is 3.90. The highest BCUT2D eigenvalue weighted by molar-refractivity contribution is 5.76. The van der Waals surface area contributed by atoms with Crippen LogP contribution in [0, 0.1) is 0 Å². The van der Waals surface area contributed by atoms with Crippen LogP contribution in [0.25, 0.3) is 11.0 Å². The van der Waals surface area contributed by atoms with Crippen LogP contribution in [-0.2, 0) is 6.42 Å². The minimum Gasteiger partial charge on any atom is -0.508 e. The Kier molecular flexibility index (Phi) is 2.60. The van der Waals surface area contributed by atoms with Crippen LogP contribution in [0.1, 0.15) is 19.2 Å². The lowest BCUT2D eigenvalue weighted by Crippen LogP contribution is -2.15. The van der Waals surface area contributed by atoms with Crippen LogP contribution >= 0.6 is 0 Å². The number of aromatic hydroxyl groups is 1. The third-order valence-electron chi connectivity index (χ3n) is 2.35. The van der Waals surface area contributed by atoms with Gasteiger partial charge in [-0.25, -0.2) is 4.98 Å². The van der Waals surface area contributed by atoms with Crippen molar-refractivity contribution >= 4 is 11.0 Å². The van der Waals surface area contributed by atoms with Crippen molar-refractivity contribution in [3.63, 3.8) is 0 Å². The maximum absolute atomic E-state index is 9.29. The zero-order valence-electron chi connectivity index (χ0n) is 8.70. The maximum atomic E-state index is 9.29. The van der Waals surface area contributed by atoms with E-state index in [-0.39, 0.29) is 11.8 Å². The van der Waals surface area contributed by atoms with Gasteiger partial charge in [0.25, 0.3) is 0 Å². The highest BCUT2D eigenvalue weighted by atomic mass is 16.3. The number of rotatable bonds is 3. The average molecular weight is 205 g/mol. The molecular weight excluding hydrogens is 190 g/mol. The number of aryl methyl sites for hydroxylation is 1. The first kappa shape index (κ1) is 9.98. The summed E-state index contributed by atoms with van der Waals surface area (Å²) in [6, 6.07) is 5.30. The van der Waals surface area contributed by atoms with Crippen LogP contribution in [0.5, 0.6) is 5.75 Å². The fraction of sp³-hybridized carbons (Fsp3) is 0.364. The number of phenols is 1. The largest absolute Gasteiger partial charge is 0.508 e. The predicted molar refractivity (Wildman–Crippen MR) is 59.7 cm³/mol. The molecule has 0 radical (unpaired) electrons. The van der Waals surface area contributed by atoms with Crippen LogP contribution in [0.4, 0.5) is 0 Å². The van der Waals surface area contributed by atoms with E-state index in [0.29, 0.717) is 0 Å². The van der Waals surface area contributed by atoms with Crippen LogP contribution in [0.3, 0.4) is 0 Å². The van der Waals surface area contributed by atoms with Gasteiger partial charge in [0.05, 0.1) is 11.0 Å². The summed E-state index contributed by atoms with van der Waals surface area (Å²) in [6.07, 6.45) is 1.75. The number of nitrogens with one attached hydrogen (secondary N) is 1. The molecule has 1 aromatic heterocycles. The van der Waals surface area contributed by atoms with E-state index >= 15 is 0 Å². The summed E-state index contributed by atoms with van der Waals surface area (Å²) >= 11 is 0. The molecule has 1 unspecified atom stereocenters. The highest BCUT2D eigenvalue weighted by Crippen LogP contribution is 2.18. The van der Waals surface area contributed by atoms with Gasteiger partial charge in [-0.2, -0.15) is 0 Å². The van der Waals surface area contributed by atoms with Crippen molar-refractivity contribution in [1.29, 1.82) is 0 Å². The molecule has 2 rings (SSSR count). The molecule has 0 saturated heterocycles. The summed E-state index contributed by atoms with van der Waals surface area (Å²) < 4.78 is 0. The molecule has 0 saturated carbocycles. The SMILES string of the molecule is CC(N)CCc1nc2ccc(O)cc2[nH]1. The minimum atomic E-state index is 0.187. The molecule has 0 aliphatic rings. The van der Waals surface area contributed by atoms with E-state index in [9.17, 15) is 5.11 Å². The van der Waals surface area contributed by atoms with Crippen molar-refractivity contribution in [2.45, 2.75) is 25.8 Å². The normalized spacial score (nSPS) is 13.2. The second kappa shape index (κ2) is 3.90. The molecule has 15 heavy (non-hydrogen) atoms. The Balaban J connectivity index is 2.23. The van der Waals surface area contributed by atoms with E-state index in [1.807, 2.05) is 6.92 Å². The van der Waals surface area contributed by atoms with Gasteiger partial charge >= 0.3 is 0 Å². The molecule has 1 atom stereocenters. The third kappa shape index (κ3) is 2.27. The number of aromatic amines is 1. The standard InChI is InChI=1S/C11H15N3O/c1-7(12)2-5-11-13-9-4-3-8(15)6-10(9)14-11/h3-4,6-7,15H,2,5,12H2,1H3,(H,13,14). The van der Waals surface area contributed by atoms with Crippen molar-refractivity contribution in [2.24, 2.45) is 5.73 Å². The Bertz CT molecular complexity index is 462. The zero-order valence-corrected chi connectivity index (χ0v) is 8.70. The van der Waals surface area contributed by atoms with Crippen LogP contribution < -0.4 is 5.73 Å². The summed E-state index contributed by atoms with van der Waals surface area (Å²) in [6.45, 7) is 1.98. The molecule has 2 aromatic rings. The lowest BCUT2D eigenvalue weighted by atomic mass is 10.2. The highest BCUT2D eigenvalue weighted by Gasteiger charge is 2.04. The molecule has 0 amide bonds. The number of nitrogens with zero attached hydrogens (tertiary/aromatic N) is 1. The number of hydrogen-bond acceptors (Lipinski definition) is 3. The molecule has 0 spiro atoms. The monoisotopic (exact) mass is 205 g/mol. The minimum absolute atomic E-state index is 0.187. The van der Waals surface area contributed by atoms with Gasteiger partial charge in [-0.3, -0.25) is 0 Å². The Morgan fingerprint density at radius 1 is 1.53 bits per heavy atom. The van der Waals surface area contributed by atoms with Gasteiger partial charge in [0.15, 0.2) is 0 Å². The first-order valence-electron chi connectivity index (χ1n) is 5.08. The van der Waals surface area contributed by atoms with Crippen LogP contribution in [0.2, 0.25) is 0 Å². The Hall–Kier alpha value is -1.55. The summed E-state index contributed by atoms with van der Waals surface area (Å²) in [5, 5.41) is 9.29. The van der Waals surface area contributed by atoms with Crippen molar-refractivity contribution in [3.8, 4) is 5.75 Å². The number of hydrogen-bond donors (Lipinski definition) is 3. The number of H-pyrrole nitrogens is 1. The molecule has 4 N–H and O–H groups in total. The molecule has 80 valence electrons. The molecule has 0 aliphatic carbocycles. The van der Waals surface area contributed by atoms with E-state index in [1.165, 1.54) is 0 Å². The summed E-state index contributed by atoms with van der Waals surface area (Å²) in [5.74, 6) is 1.18. The maximum Gasteiger partial charge on any atom is 0.117 e. The van der Waals surface area contributed by atoms with E-state index in [2.05, 4.69) is 9.97 Å². The van der Waals surface area contributed by atoms with E-state index in [0.717, 1.165) is 29.7 Å². The Morgan fingerprint density at radius 2 is 2.33 bits per heavy atom. The first-order chi connectivity index (χ1) is 7.15. The van der Waals surface area contributed by atoms with Crippen LogP contribution in [-0.4, -0.2) is 21.1 Å². The van der Waals surface area contributed by atoms with Crippen molar-refractivity contribution in [2.75, 3.05) is 0 Å². The zero-order chi connectivity index (χ0) is 10.8. The van der Waals surface area contributed by atoms with Crippen molar-refractivity contribution < 1.29 is 5.11 Å². The van der Waals surface area contributed by atoms with Gasteiger partial charge in [-0.1, -0.05) is 0 Å². The fourth-order valence-electron chi connectivity index (χ4n) is 1.53. The van der Waals surface area contributed by atoms with Crippen molar-refractivity contribution in [3.05, 3.63) is 24.0 Å². The number of fused-ring (bicyclic) bond motifs is 1. The van der Waals surface area contributed by atoms with Crippen LogP contribution in [0.15, 0.2) is 18.2 Å². The summed E-state index contributed by atoms with van der Waals surface area (Å²) in [7, 11) is 0. The molecule has 4 nitrogen and oxygen atoms in total. The van der Waals surface area contributed by atoms with E-state index in [1.54, 1.807) is 18.2 Å². The summed E-state index contributed by atoms with van der Waals surface area (Å²) in [5.41, 5.74) is 7.43. The van der Waals surface area contributed by atoms with Gasteiger partial charge in [0.2, 0.25) is 0 Å². The molecule has 0 bridgehead atoms. The second-order valence-electron chi connectivity index (χ2n) is 3.90. The molecule has 4 heteroatoms. The average Bonchev–Trinajstić information content (AvgIpc) is 2.56. The quantitative estimate of drug-likeness (QED) is 0.711.